The predicted molar refractivity (Wildman–Crippen MR) is 63.0 cm³/mol. The van der Waals surface area contributed by atoms with E-state index in [9.17, 15) is 13.5 Å². The molecule has 1 aliphatic rings. The number of hydrogen-bond donors (Lipinski definition) is 2. The second kappa shape index (κ2) is 3.97. The van der Waals surface area contributed by atoms with Crippen molar-refractivity contribution in [3.63, 3.8) is 0 Å². The molecule has 1 fully saturated rings. The van der Waals surface area contributed by atoms with Crippen LogP contribution in [0.4, 0.5) is 5.69 Å². The normalized spacial score (nSPS) is 16.1. The van der Waals surface area contributed by atoms with Crippen LogP contribution in [0.25, 0.3) is 0 Å². The molecule has 0 aliphatic heterocycles. The minimum Gasteiger partial charge on any atom is -0.506 e. The lowest BCUT2D eigenvalue weighted by atomic mass is 10.1. The number of para-hydroxylation sites is 1. The second-order valence-corrected chi connectivity index (χ2v) is 6.08. The Balaban J connectivity index is 2.31. The van der Waals surface area contributed by atoms with Crippen LogP contribution in [-0.2, 0) is 16.4 Å². The highest BCUT2D eigenvalue weighted by Crippen LogP contribution is 2.37. The maximum Gasteiger partial charge on any atom is 0.229 e. The van der Waals surface area contributed by atoms with Crippen molar-refractivity contribution in [2.24, 2.45) is 5.92 Å². The molecule has 0 aromatic heterocycles. The van der Waals surface area contributed by atoms with E-state index in [1.165, 1.54) is 18.9 Å². The molecule has 1 aliphatic carbocycles. The van der Waals surface area contributed by atoms with Gasteiger partial charge in [0.25, 0.3) is 0 Å². The Morgan fingerprint density at radius 2 is 2.12 bits per heavy atom. The molecule has 0 spiro atoms. The number of hydrogen-bond acceptors (Lipinski definition) is 3. The minimum absolute atomic E-state index is 0.0106. The lowest BCUT2D eigenvalue weighted by Crippen LogP contribution is -2.11. The molecule has 0 bridgehead atoms. The molecule has 1 aromatic carbocycles. The second-order valence-electron chi connectivity index (χ2n) is 4.33. The summed E-state index contributed by atoms with van der Waals surface area (Å²) in [6.45, 7) is 0. The number of phenols is 1. The number of aromatic hydroxyl groups is 1. The van der Waals surface area contributed by atoms with Gasteiger partial charge in [-0.25, -0.2) is 8.42 Å². The van der Waals surface area contributed by atoms with Crippen molar-refractivity contribution in [1.82, 2.24) is 0 Å². The summed E-state index contributed by atoms with van der Waals surface area (Å²) in [7, 11) is -3.35. The van der Waals surface area contributed by atoms with Crippen molar-refractivity contribution < 1.29 is 13.5 Å². The number of sulfonamides is 1. The quantitative estimate of drug-likeness (QED) is 0.789. The van der Waals surface area contributed by atoms with E-state index < -0.39 is 10.0 Å². The first-order valence-corrected chi connectivity index (χ1v) is 7.13. The summed E-state index contributed by atoms with van der Waals surface area (Å²) in [4.78, 5) is 0. The molecule has 5 heteroatoms. The summed E-state index contributed by atoms with van der Waals surface area (Å²) in [6, 6.07) is 5.08. The maximum atomic E-state index is 11.2. The molecular formula is C11H15NO3S. The number of anilines is 1. The third kappa shape index (κ3) is 2.88. The van der Waals surface area contributed by atoms with Crippen LogP contribution in [0.3, 0.4) is 0 Å². The topological polar surface area (TPSA) is 66.4 Å². The zero-order valence-corrected chi connectivity index (χ0v) is 9.92. The van der Waals surface area contributed by atoms with Crippen LogP contribution in [0.2, 0.25) is 0 Å². The monoisotopic (exact) mass is 241 g/mol. The Kier molecular flexibility index (Phi) is 2.80. The molecular weight excluding hydrogens is 226 g/mol. The summed E-state index contributed by atoms with van der Waals surface area (Å²) in [5.74, 6) is 0.630. The molecule has 2 rings (SSSR count). The number of rotatable bonds is 4. The van der Waals surface area contributed by atoms with Gasteiger partial charge in [0.05, 0.1) is 11.9 Å². The predicted octanol–water partition coefficient (Wildman–Crippen LogP) is 1.72. The van der Waals surface area contributed by atoms with Crippen LogP contribution >= 0.6 is 0 Å². The Morgan fingerprint density at radius 3 is 2.69 bits per heavy atom. The van der Waals surface area contributed by atoms with Gasteiger partial charge in [0.15, 0.2) is 0 Å². The van der Waals surface area contributed by atoms with Crippen LogP contribution in [0.15, 0.2) is 18.2 Å². The summed E-state index contributed by atoms with van der Waals surface area (Å²) < 4.78 is 24.7. The molecule has 1 aromatic rings. The van der Waals surface area contributed by atoms with Crippen LogP contribution < -0.4 is 4.72 Å². The van der Waals surface area contributed by atoms with Gasteiger partial charge in [-0.1, -0.05) is 12.1 Å². The average molecular weight is 241 g/mol. The summed E-state index contributed by atoms with van der Waals surface area (Å²) in [5, 5.41) is 9.66. The van der Waals surface area contributed by atoms with Gasteiger partial charge in [0.2, 0.25) is 10.0 Å². The Bertz CT molecular complexity index is 492. The fraction of sp³-hybridized carbons (Fsp3) is 0.455. The van der Waals surface area contributed by atoms with E-state index in [0.717, 1.165) is 18.2 Å². The van der Waals surface area contributed by atoms with E-state index in [0.29, 0.717) is 11.6 Å². The third-order valence-electron chi connectivity index (χ3n) is 2.62. The van der Waals surface area contributed by atoms with E-state index >= 15 is 0 Å². The van der Waals surface area contributed by atoms with Gasteiger partial charge >= 0.3 is 0 Å². The first-order valence-electron chi connectivity index (χ1n) is 5.24. The van der Waals surface area contributed by atoms with Crippen LogP contribution in [-0.4, -0.2) is 19.8 Å². The highest BCUT2D eigenvalue weighted by Gasteiger charge is 2.24. The van der Waals surface area contributed by atoms with Crippen molar-refractivity contribution in [3.05, 3.63) is 23.8 Å². The molecule has 0 radical (unpaired) electrons. The summed E-state index contributed by atoms with van der Waals surface area (Å²) >= 11 is 0. The lowest BCUT2D eigenvalue weighted by molar-refractivity contribution is 0.477. The van der Waals surface area contributed by atoms with E-state index in [1.54, 1.807) is 6.07 Å². The Hall–Kier alpha value is -1.23. The standard InChI is InChI=1S/C11H15NO3S/c1-16(14,15)12-11-9(7-8-5-6-8)3-2-4-10(11)13/h2-4,8,12-13H,5-7H2,1H3. The molecule has 88 valence electrons. The number of phenolic OH excluding ortho intramolecular Hbond substituents is 1. The van der Waals surface area contributed by atoms with Gasteiger partial charge in [-0.15, -0.1) is 0 Å². The first-order chi connectivity index (χ1) is 7.46. The van der Waals surface area contributed by atoms with E-state index in [1.807, 2.05) is 6.07 Å². The minimum atomic E-state index is -3.35. The fourth-order valence-electron chi connectivity index (χ4n) is 1.69. The molecule has 4 nitrogen and oxygen atoms in total. The van der Waals surface area contributed by atoms with Crippen LogP contribution in [0.1, 0.15) is 18.4 Å². The molecule has 0 saturated heterocycles. The lowest BCUT2D eigenvalue weighted by Gasteiger charge is -2.11. The SMILES string of the molecule is CS(=O)(=O)Nc1c(O)cccc1CC1CC1. The highest BCUT2D eigenvalue weighted by atomic mass is 32.2. The first kappa shape index (κ1) is 11.3. The molecule has 0 atom stereocenters. The average Bonchev–Trinajstić information content (AvgIpc) is 2.93. The number of nitrogens with one attached hydrogen (secondary N) is 1. The molecule has 0 unspecified atom stereocenters. The van der Waals surface area contributed by atoms with E-state index in [4.69, 9.17) is 0 Å². The van der Waals surface area contributed by atoms with Crippen LogP contribution in [0.5, 0.6) is 5.75 Å². The van der Waals surface area contributed by atoms with E-state index in [-0.39, 0.29) is 5.75 Å². The zero-order valence-electron chi connectivity index (χ0n) is 9.10. The Morgan fingerprint density at radius 1 is 1.44 bits per heavy atom. The van der Waals surface area contributed by atoms with Crippen molar-refractivity contribution in [3.8, 4) is 5.75 Å². The molecule has 0 heterocycles. The van der Waals surface area contributed by atoms with Crippen molar-refractivity contribution in [2.45, 2.75) is 19.3 Å². The van der Waals surface area contributed by atoms with Crippen molar-refractivity contribution in [2.75, 3.05) is 11.0 Å². The van der Waals surface area contributed by atoms with Gasteiger partial charge in [-0.05, 0) is 36.8 Å². The van der Waals surface area contributed by atoms with Gasteiger partial charge in [-0.3, -0.25) is 4.72 Å². The zero-order chi connectivity index (χ0) is 11.8. The molecule has 1 saturated carbocycles. The smallest absolute Gasteiger partial charge is 0.229 e. The van der Waals surface area contributed by atoms with Crippen molar-refractivity contribution in [1.29, 1.82) is 0 Å². The number of benzene rings is 1. The van der Waals surface area contributed by atoms with Gasteiger partial charge in [0, 0.05) is 0 Å². The molecule has 2 N–H and O–H groups in total. The summed E-state index contributed by atoms with van der Waals surface area (Å²) in [6.07, 6.45) is 4.29. The van der Waals surface area contributed by atoms with Crippen molar-refractivity contribution >= 4 is 15.7 Å². The molecule has 16 heavy (non-hydrogen) atoms. The molecule has 0 amide bonds. The highest BCUT2D eigenvalue weighted by molar-refractivity contribution is 7.92. The third-order valence-corrected chi connectivity index (χ3v) is 3.20. The Labute approximate surface area is 95.4 Å². The van der Waals surface area contributed by atoms with Gasteiger partial charge < -0.3 is 5.11 Å². The van der Waals surface area contributed by atoms with Crippen LogP contribution in [0, 0.1) is 5.92 Å². The van der Waals surface area contributed by atoms with Gasteiger partial charge in [0.1, 0.15) is 5.75 Å². The maximum absolute atomic E-state index is 11.2. The largest absolute Gasteiger partial charge is 0.506 e. The summed E-state index contributed by atoms with van der Waals surface area (Å²) in [5.41, 5.74) is 1.20. The van der Waals surface area contributed by atoms with E-state index in [2.05, 4.69) is 4.72 Å². The fourth-order valence-corrected chi connectivity index (χ4v) is 2.30. The van der Waals surface area contributed by atoms with Gasteiger partial charge in [-0.2, -0.15) is 0 Å².